The number of methoxy groups -OCH3 is 3. The molecule has 1 N–H and O–H groups in total. The molecule has 0 aliphatic carbocycles. The zero-order valence-electron chi connectivity index (χ0n) is 16.2. The highest BCUT2D eigenvalue weighted by atomic mass is 32.1. The van der Waals surface area contributed by atoms with Crippen LogP contribution in [0.3, 0.4) is 0 Å². The van der Waals surface area contributed by atoms with Crippen molar-refractivity contribution in [2.24, 2.45) is 0 Å². The van der Waals surface area contributed by atoms with Crippen molar-refractivity contribution in [2.45, 2.75) is 18.9 Å². The minimum absolute atomic E-state index is 0.0582. The number of hydrogen-bond acceptors (Lipinski definition) is 6. The van der Waals surface area contributed by atoms with E-state index in [2.05, 4.69) is 11.4 Å². The summed E-state index contributed by atoms with van der Waals surface area (Å²) in [5.41, 5.74) is 0.332. The topological polar surface area (TPSA) is 77.1 Å². The third-order valence-electron chi connectivity index (χ3n) is 4.77. The molecule has 1 saturated heterocycles. The molecule has 8 heteroatoms. The van der Waals surface area contributed by atoms with E-state index < -0.39 is 0 Å². The van der Waals surface area contributed by atoms with E-state index in [1.54, 1.807) is 23.5 Å². The largest absolute Gasteiger partial charge is 0.493 e. The molecule has 28 heavy (non-hydrogen) atoms. The van der Waals surface area contributed by atoms with Crippen LogP contribution >= 0.6 is 11.3 Å². The van der Waals surface area contributed by atoms with Crippen LogP contribution in [0.5, 0.6) is 17.2 Å². The summed E-state index contributed by atoms with van der Waals surface area (Å²) >= 11 is 1.65. The minimum Gasteiger partial charge on any atom is -0.493 e. The van der Waals surface area contributed by atoms with Crippen molar-refractivity contribution < 1.29 is 23.8 Å². The van der Waals surface area contributed by atoms with Gasteiger partial charge >= 0.3 is 0 Å². The summed E-state index contributed by atoms with van der Waals surface area (Å²) in [5.74, 6) is 0.718. The molecule has 1 aliphatic rings. The number of benzene rings is 1. The molecule has 150 valence electrons. The van der Waals surface area contributed by atoms with E-state index in [9.17, 15) is 9.59 Å². The van der Waals surface area contributed by atoms with Crippen molar-refractivity contribution in [1.29, 1.82) is 0 Å². The van der Waals surface area contributed by atoms with Gasteiger partial charge in [0.15, 0.2) is 11.5 Å². The van der Waals surface area contributed by atoms with Crippen LogP contribution in [0.15, 0.2) is 29.6 Å². The lowest BCUT2D eigenvalue weighted by atomic mass is 10.1. The van der Waals surface area contributed by atoms with Gasteiger partial charge in [0.05, 0.1) is 33.9 Å². The summed E-state index contributed by atoms with van der Waals surface area (Å²) in [7, 11) is 4.47. The average Bonchev–Trinajstić information content (AvgIpc) is 3.41. The maximum Gasteiger partial charge on any atom is 0.251 e. The molecule has 0 spiro atoms. The number of carbonyl (C=O) groups is 2. The van der Waals surface area contributed by atoms with Gasteiger partial charge in [0, 0.05) is 17.0 Å². The van der Waals surface area contributed by atoms with Crippen LogP contribution in [0, 0.1) is 0 Å². The zero-order chi connectivity index (χ0) is 20.1. The minimum atomic E-state index is -0.375. The average molecular weight is 404 g/mol. The van der Waals surface area contributed by atoms with E-state index in [4.69, 9.17) is 14.2 Å². The standard InChI is InChI=1S/C20H24N2O5S/c1-25-15-10-13(11-16(26-2)19(15)27-3)20(24)21-12-18(23)22-8-4-6-14(22)17-7-5-9-28-17/h5,7,9-11,14H,4,6,8,12H2,1-3H3,(H,21,24). The van der Waals surface area contributed by atoms with Crippen LogP contribution in [0.25, 0.3) is 0 Å². The van der Waals surface area contributed by atoms with E-state index in [0.29, 0.717) is 29.4 Å². The lowest BCUT2D eigenvalue weighted by molar-refractivity contribution is -0.131. The van der Waals surface area contributed by atoms with Gasteiger partial charge in [0.25, 0.3) is 5.91 Å². The maximum atomic E-state index is 12.7. The summed E-state index contributed by atoms with van der Waals surface area (Å²) in [4.78, 5) is 28.3. The van der Waals surface area contributed by atoms with Crippen LogP contribution in [0.2, 0.25) is 0 Å². The Balaban J connectivity index is 1.67. The highest BCUT2D eigenvalue weighted by molar-refractivity contribution is 7.10. The number of hydrogen-bond donors (Lipinski definition) is 1. The summed E-state index contributed by atoms with van der Waals surface area (Å²) in [6.07, 6.45) is 1.92. The summed E-state index contributed by atoms with van der Waals surface area (Å²) in [6, 6.07) is 7.27. The number of likely N-dealkylation sites (tertiary alicyclic amines) is 1. The molecule has 1 aromatic heterocycles. The summed E-state index contributed by atoms with van der Waals surface area (Å²) < 4.78 is 15.8. The van der Waals surface area contributed by atoms with Gasteiger partial charge in [-0.05, 0) is 36.4 Å². The van der Waals surface area contributed by atoms with Crippen molar-refractivity contribution in [3.05, 3.63) is 40.1 Å². The maximum absolute atomic E-state index is 12.7. The fraction of sp³-hybridized carbons (Fsp3) is 0.400. The predicted octanol–water partition coefficient (Wildman–Crippen LogP) is 2.87. The second kappa shape index (κ2) is 8.97. The Bertz CT molecular complexity index is 812. The third kappa shape index (κ3) is 4.06. The van der Waals surface area contributed by atoms with Gasteiger partial charge in [-0.2, -0.15) is 0 Å². The zero-order valence-corrected chi connectivity index (χ0v) is 17.0. The SMILES string of the molecule is COc1cc(C(=O)NCC(=O)N2CCCC2c2cccs2)cc(OC)c1OC. The number of nitrogens with zero attached hydrogens (tertiary/aromatic N) is 1. The van der Waals surface area contributed by atoms with Gasteiger partial charge in [0.1, 0.15) is 0 Å². The van der Waals surface area contributed by atoms with Gasteiger partial charge in [0.2, 0.25) is 11.7 Å². The van der Waals surface area contributed by atoms with Gasteiger partial charge in [-0.3, -0.25) is 9.59 Å². The molecule has 0 radical (unpaired) electrons. The lowest BCUT2D eigenvalue weighted by Gasteiger charge is -2.24. The Morgan fingerprint density at radius 3 is 2.46 bits per heavy atom. The first-order valence-corrected chi connectivity index (χ1v) is 9.88. The Kier molecular flexibility index (Phi) is 6.41. The van der Waals surface area contributed by atoms with E-state index in [1.165, 1.54) is 26.2 Å². The first kappa shape index (κ1) is 20.0. The highest BCUT2D eigenvalue weighted by Crippen LogP contribution is 2.38. The molecule has 0 saturated carbocycles. The monoisotopic (exact) mass is 404 g/mol. The van der Waals surface area contributed by atoms with E-state index in [0.717, 1.165) is 12.8 Å². The van der Waals surface area contributed by atoms with Gasteiger partial charge < -0.3 is 24.4 Å². The van der Waals surface area contributed by atoms with E-state index >= 15 is 0 Å². The lowest BCUT2D eigenvalue weighted by Crippen LogP contribution is -2.39. The first-order valence-electron chi connectivity index (χ1n) is 9.00. The van der Waals surface area contributed by atoms with Crippen LogP contribution in [0.1, 0.15) is 34.1 Å². The third-order valence-corrected chi connectivity index (χ3v) is 5.75. The Morgan fingerprint density at radius 1 is 1.18 bits per heavy atom. The number of nitrogens with one attached hydrogen (secondary N) is 1. The summed E-state index contributed by atoms with van der Waals surface area (Å²) in [6.45, 7) is 0.652. The van der Waals surface area contributed by atoms with Crippen LogP contribution in [0.4, 0.5) is 0 Å². The Hall–Kier alpha value is -2.74. The molecule has 2 heterocycles. The molecule has 1 aliphatic heterocycles. The number of amides is 2. The van der Waals surface area contributed by atoms with Crippen molar-refractivity contribution in [2.75, 3.05) is 34.4 Å². The van der Waals surface area contributed by atoms with E-state index in [1.807, 2.05) is 16.3 Å². The van der Waals surface area contributed by atoms with Crippen LogP contribution < -0.4 is 19.5 Å². The van der Waals surface area contributed by atoms with Gasteiger partial charge in [-0.15, -0.1) is 11.3 Å². The second-order valence-electron chi connectivity index (χ2n) is 6.36. The quantitative estimate of drug-likeness (QED) is 0.768. The van der Waals surface area contributed by atoms with Crippen molar-refractivity contribution in [3.63, 3.8) is 0 Å². The molecule has 1 atom stereocenters. The van der Waals surface area contributed by atoms with Crippen molar-refractivity contribution >= 4 is 23.2 Å². The fourth-order valence-electron chi connectivity index (χ4n) is 3.41. The number of carbonyl (C=O) groups excluding carboxylic acids is 2. The number of ether oxygens (including phenoxy) is 3. The molecule has 1 aromatic carbocycles. The van der Waals surface area contributed by atoms with E-state index in [-0.39, 0.29) is 24.4 Å². The smallest absolute Gasteiger partial charge is 0.251 e. The summed E-state index contributed by atoms with van der Waals surface area (Å²) in [5, 5.41) is 4.72. The second-order valence-corrected chi connectivity index (χ2v) is 7.34. The molecule has 7 nitrogen and oxygen atoms in total. The predicted molar refractivity (Wildman–Crippen MR) is 106 cm³/mol. The number of thiophene rings is 1. The molecule has 1 unspecified atom stereocenters. The molecule has 3 rings (SSSR count). The fourth-order valence-corrected chi connectivity index (χ4v) is 4.29. The van der Waals surface area contributed by atoms with Gasteiger partial charge in [-0.1, -0.05) is 6.07 Å². The molecular formula is C20H24N2O5S. The first-order chi connectivity index (χ1) is 13.6. The molecule has 2 amide bonds. The van der Waals surface area contributed by atoms with Crippen molar-refractivity contribution in [3.8, 4) is 17.2 Å². The van der Waals surface area contributed by atoms with Crippen LogP contribution in [-0.2, 0) is 4.79 Å². The highest BCUT2D eigenvalue weighted by Gasteiger charge is 2.30. The molecule has 0 bridgehead atoms. The van der Waals surface area contributed by atoms with Crippen LogP contribution in [-0.4, -0.2) is 51.1 Å². The Morgan fingerprint density at radius 2 is 1.89 bits per heavy atom. The Labute approximate surface area is 168 Å². The molecular weight excluding hydrogens is 380 g/mol. The molecule has 2 aromatic rings. The van der Waals surface area contributed by atoms with Crippen molar-refractivity contribution in [1.82, 2.24) is 10.2 Å². The molecule has 1 fully saturated rings. The normalized spacial score (nSPS) is 16.0. The number of rotatable bonds is 7. The van der Waals surface area contributed by atoms with Gasteiger partial charge in [-0.25, -0.2) is 0 Å².